The highest BCUT2D eigenvalue weighted by atomic mass is 19.4. The van der Waals surface area contributed by atoms with Crippen molar-refractivity contribution < 1.29 is 40.7 Å². The number of nitrogens with zero attached hydrogens (tertiary/aromatic N) is 1. The molecule has 4 rings (SSSR count). The highest BCUT2D eigenvalue weighted by Crippen LogP contribution is 2.43. The van der Waals surface area contributed by atoms with Crippen molar-refractivity contribution in [2.75, 3.05) is 0 Å². The van der Waals surface area contributed by atoms with Gasteiger partial charge in [-0.3, -0.25) is 0 Å². The summed E-state index contributed by atoms with van der Waals surface area (Å²) in [6, 6.07) is 8.42. The van der Waals surface area contributed by atoms with Crippen LogP contribution in [0.3, 0.4) is 0 Å². The monoisotopic (exact) mass is 541 g/mol. The molecule has 5 atom stereocenters. The van der Waals surface area contributed by atoms with Crippen LogP contribution in [-0.2, 0) is 26.7 Å². The van der Waals surface area contributed by atoms with Gasteiger partial charge < -0.3 is 9.57 Å². The Hall–Kier alpha value is -3.04. The zero-order valence-electron chi connectivity index (χ0n) is 21.1. The molecular weight excluding hydrogens is 512 g/mol. The van der Waals surface area contributed by atoms with Gasteiger partial charge in [0.15, 0.2) is 11.8 Å². The highest BCUT2D eigenvalue weighted by Gasteiger charge is 2.44. The van der Waals surface area contributed by atoms with Gasteiger partial charge in [0, 0.05) is 0 Å². The van der Waals surface area contributed by atoms with Crippen LogP contribution in [0.1, 0.15) is 74.3 Å². The molecule has 38 heavy (non-hydrogen) atoms. The molecule has 1 heterocycles. The lowest BCUT2D eigenvalue weighted by molar-refractivity contribution is -0.147. The number of esters is 1. The maximum absolute atomic E-state index is 13.4. The van der Waals surface area contributed by atoms with Crippen molar-refractivity contribution in [3.05, 3.63) is 70.8 Å². The zero-order chi connectivity index (χ0) is 27.8. The van der Waals surface area contributed by atoms with Crippen LogP contribution in [0.25, 0.3) is 0 Å². The topological polar surface area (TPSA) is 47.9 Å². The highest BCUT2D eigenvalue weighted by molar-refractivity contribution is 6.39. The lowest BCUT2D eigenvalue weighted by atomic mass is 9.75. The fraction of sp³-hybridized carbons (Fsp3) is 0.500. The summed E-state index contributed by atoms with van der Waals surface area (Å²) in [6.45, 7) is 6.20. The lowest BCUT2D eigenvalue weighted by Gasteiger charge is -2.36. The first-order valence-electron chi connectivity index (χ1n) is 12.5. The van der Waals surface area contributed by atoms with Gasteiger partial charge in [-0.05, 0) is 66.0 Å². The number of benzene rings is 2. The number of hydrogen-bond acceptors (Lipinski definition) is 4. The van der Waals surface area contributed by atoms with E-state index >= 15 is 0 Å². The number of oxime groups is 1. The quantitative estimate of drug-likeness (QED) is 0.285. The number of alkyl halides is 6. The van der Waals surface area contributed by atoms with Gasteiger partial charge >= 0.3 is 18.3 Å². The zero-order valence-corrected chi connectivity index (χ0v) is 21.1. The largest absolute Gasteiger partial charge is 0.457 e. The first-order valence-corrected chi connectivity index (χ1v) is 12.5. The summed E-state index contributed by atoms with van der Waals surface area (Å²) in [6.07, 6.45) is -7.89. The van der Waals surface area contributed by atoms with E-state index in [-0.39, 0.29) is 23.7 Å². The molecule has 2 aromatic carbocycles. The van der Waals surface area contributed by atoms with Crippen LogP contribution in [0.4, 0.5) is 26.3 Å². The molecule has 2 aromatic rings. The van der Waals surface area contributed by atoms with Crippen LogP contribution >= 0.6 is 0 Å². The molecule has 1 saturated carbocycles. The van der Waals surface area contributed by atoms with Crippen molar-refractivity contribution in [2.45, 2.75) is 70.5 Å². The van der Waals surface area contributed by atoms with Crippen LogP contribution in [0.2, 0.25) is 0 Å². The molecule has 4 nitrogen and oxygen atoms in total. The Morgan fingerprint density at radius 1 is 0.895 bits per heavy atom. The van der Waals surface area contributed by atoms with E-state index in [0.717, 1.165) is 37.1 Å². The van der Waals surface area contributed by atoms with E-state index in [0.29, 0.717) is 23.5 Å². The number of halogens is 6. The Balaban J connectivity index is 1.65. The van der Waals surface area contributed by atoms with E-state index < -0.39 is 41.5 Å². The second-order valence-electron chi connectivity index (χ2n) is 10.5. The summed E-state index contributed by atoms with van der Waals surface area (Å²) in [7, 11) is 0. The van der Waals surface area contributed by atoms with Crippen LogP contribution in [0.15, 0.2) is 53.7 Å². The van der Waals surface area contributed by atoms with Crippen LogP contribution in [0.5, 0.6) is 0 Å². The molecule has 0 unspecified atom stereocenters. The fourth-order valence-electron chi connectivity index (χ4n) is 5.31. The minimum absolute atomic E-state index is 0.129. The Bertz CT molecular complexity index is 1160. The fourth-order valence-corrected chi connectivity index (χ4v) is 5.31. The van der Waals surface area contributed by atoms with Gasteiger partial charge in [0.25, 0.3) is 0 Å². The third-order valence-corrected chi connectivity index (χ3v) is 7.45. The lowest BCUT2D eigenvalue weighted by Crippen LogP contribution is -2.38. The van der Waals surface area contributed by atoms with Gasteiger partial charge in [-0.1, -0.05) is 56.6 Å². The molecule has 2 aliphatic rings. The van der Waals surface area contributed by atoms with Crippen molar-refractivity contribution >= 4 is 11.7 Å². The third kappa shape index (κ3) is 5.99. The minimum atomic E-state index is -4.56. The standard InChI is InChI=1S/C28H29F6NO3/c1-15(2)21-13-4-16(3)14-22(21)37-26(36)24-23(17-5-9-19(10-6-17)27(29,30)31)25(38-35-24)18-7-11-20(12-8-18)28(32,33)34/h5-12,15-16,21-23,25H,4,13-14H2,1-3H3/t16-,21+,22-,23-,25+/m1/s1. The third-order valence-electron chi connectivity index (χ3n) is 7.45. The van der Waals surface area contributed by atoms with Gasteiger partial charge in [0.2, 0.25) is 0 Å². The van der Waals surface area contributed by atoms with Crippen molar-refractivity contribution in [3.8, 4) is 0 Å². The van der Waals surface area contributed by atoms with E-state index in [1.807, 2.05) is 0 Å². The number of ether oxygens (including phenoxy) is 1. The van der Waals surface area contributed by atoms with Crippen molar-refractivity contribution in [2.24, 2.45) is 22.9 Å². The number of carbonyl (C=O) groups excluding carboxylic acids is 1. The van der Waals surface area contributed by atoms with Crippen LogP contribution in [-0.4, -0.2) is 17.8 Å². The Morgan fingerprint density at radius 2 is 1.42 bits per heavy atom. The normalized spacial score (nSPS) is 26.2. The summed E-state index contributed by atoms with van der Waals surface area (Å²) >= 11 is 0. The molecule has 0 spiro atoms. The molecular formula is C28H29F6NO3. The maximum atomic E-state index is 13.4. The molecule has 206 valence electrons. The van der Waals surface area contributed by atoms with Gasteiger partial charge in [-0.2, -0.15) is 26.3 Å². The molecule has 0 N–H and O–H groups in total. The predicted molar refractivity (Wildman–Crippen MR) is 128 cm³/mol. The van der Waals surface area contributed by atoms with E-state index in [9.17, 15) is 31.1 Å². The van der Waals surface area contributed by atoms with Gasteiger partial charge in [0.1, 0.15) is 6.10 Å². The van der Waals surface area contributed by atoms with Gasteiger partial charge in [0.05, 0.1) is 17.0 Å². The molecule has 0 bridgehead atoms. The van der Waals surface area contributed by atoms with Gasteiger partial charge in [-0.25, -0.2) is 4.79 Å². The van der Waals surface area contributed by atoms with Crippen LogP contribution in [0, 0.1) is 17.8 Å². The van der Waals surface area contributed by atoms with Gasteiger partial charge in [-0.15, -0.1) is 0 Å². The summed E-state index contributed by atoms with van der Waals surface area (Å²) in [5.74, 6) is -0.940. The summed E-state index contributed by atoms with van der Waals surface area (Å²) in [5, 5.41) is 3.95. The average Bonchev–Trinajstić information content (AvgIpc) is 3.28. The first kappa shape index (κ1) is 28.0. The van der Waals surface area contributed by atoms with Crippen LogP contribution < -0.4 is 0 Å². The molecule has 0 saturated heterocycles. The van der Waals surface area contributed by atoms with Crippen molar-refractivity contribution in [1.82, 2.24) is 0 Å². The second kappa shape index (κ2) is 10.6. The van der Waals surface area contributed by atoms with Crippen molar-refractivity contribution in [1.29, 1.82) is 0 Å². The molecule has 1 fully saturated rings. The average molecular weight is 542 g/mol. The predicted octanol–water partition coefficient (Wildman–Crippen LogP) is 7.94. The molecule has 1 aliphatic carbocycles. The first-order chi connectivity index (χ1) is 17.8. The SMILES string of the molecule is CC(C)[C@@H]1CC[C@@H](C)C[C@H]1OC(=O)C1=NO[C@@H](c2ccc(C(F)(F)F)cc2)[C@@H]1c1ccc(C(F)(F)F)cc1. The molecule has 1 aliphatic heterocycles. The molecule has 10 heteroatoms. The summed E-state index contributed by atoms with van der Waals surface area (Å²) in [5.41, 5.74) is -1.27. The Kier molecular flexibility index (Phi) is 7.81. The van der Waals surface area contributed by atoms with E-state index in [4.69, 9.17) is 9.57 Å². The number of rotatable bonds is 5. The second-order valence-corrected chi connectivity index (χ2v) is 10.5. The summed E-state index contributed by atoms with van der Waals surface area (Å²) < 4.78 is 84.6. The minimum Gasteiger partial charge on any atom is -0.457 e. The Labute approximate surface area is 217 Å². The smallest absolute Gasteiger partial charge is 0.416 e. The van der Waals surface area contributed by atoms with E-state index in [1.165, 1.54) is 24.3 Å². The van der Waals surface area contributed by atoms with E-state index in [2.05, 4.69) is 25.9 Å². The molecule has 0 amide bonds. The van der Waals surface area contributed by atoms with E-state index in [1.54, 1.807) is 0 Å². The molecule has 0 radical (unpaired) electrons. The van der Waals surface area contributed by atoms with Crippen molar-refractivity contribution in [3.63, 3.8) is 0 Å². The maximum Gasteiger partial charge on any atom is 0.416 e. The Morgan fingerprint density at radius 3 is 1.92 bits per heavy atom. The number of carbonyl (C=O) groups is 1. The molecule has 0 aromatic heterocycles. The summed E-state index contributed by atoms with van der Waals surface area (Å²) in [4.78, 5) is 18.9. The number of hydrogen-bond donors (Lipinski definition) is 0.